The molecule has 34 heavy (non-hydrogen) atoms. The van der Waals surface area contributed by atoms with Gasteiger partial charge in [0.2, 0.25) is 0 Å². The van der Waals surface area contributed by atoms with Gasteiger partial charge in [-0.3, -0.25) is 10.1 Å². The maximum atomic E-state index is 13.4. The van der Waals surface area contributed by atoms with Gasteiger partial charge in [0.1, 0.15) is 0 Å². The standard InChI is InChI=1S/C24H14F6N2O2/c25-23(26,27)18-7-5-16(6-8-18)15-1-3-17(4-2-15)22-13-19(24(28,29)30)14-31(22)20-9-11-21(12-10-20)32(33)34/h1-14H. The van der Waals surface area contributed by atoms with Crippen molar-refractivity contribution < 1.29 is 31.3 Å². The number of halogens is 6. The maximum absolute atomic E-state index is 13.4. The number of benzene rings is 3. The molecule has 4 nitrogen and oxygen atoms in total. The van der Waals surface area contributed by atoms with Gasteiger partial charge in [-0.2, -0.15) is 26.3 Å². The molecule has 0 fully saturated rings. The maximum Gasteiger partial charge on any atom is 0.417 e. The lowest BCUT2D eigenvalue weighted by Gasteiger charge is -2.11. The van der Waals surface area contributed by atoms with Crippen molar-refractivity contribution >= 4 is 5.69 Å². The summed E-state index contributed by atoms with van der Waals surface area (Å²) in [5.41, 5.74) is 0.131. The number of aromatic nitrogens is 1. The van der Waals surface area contributed by atoms with Crippen LogP contribution in [0.1, 0.15) is 11.1 Å². The molecule has 0 aliphatic heterocycles. The Morgan fingerprint density at radius 1 is 0.647 bits per heavy atom. The Morgan fingerprint density at radius 2 is 1.12 bits per heavy atom. The van der Waals surface area contributed by atoms with Gasteiger partial charge in [0.05, 0.1) is 21.7 Å². The molecular formula is C24H14F6N2O2. The highest BCUT2D eigenvalue weighted by atomic mass is 19.4. The topological polar surface area (TPSA) is 48.1 Å². The minimum atomic E-state index is -4.61. The molecule has 3 aromatic carbocycles. The molecule has 0 atom stereocenters. The van der Waals surface area contributed by atoms with E-state index in [0.29, 0.717) is 22.4 Å². The first-order chi connectivity index (χ1) is 15.9. The second-order valence-electron chi connectivity index (χ2n) is 7.41. The number of non-ortho nitro benzene ring substituents is 1. The molecule has 174 valence electrons. The fraction of sp³-hybridized carbons (Fsp3) is 0.0833. The van der Waals surface area contributed by atoms with Gasteiger partial charge in [-0.1, -0.05) is 36.4 Å². The Balaban J connectivity index is 1.72. The number of alkyl halides is 6. The zero-order chi connectivity index (χ0) is 24.7. The van der Waals surface area contributed by atoms with Crippen molar-refractivity contribution in [2.24, 2.45) is 0 Å². The molecule has 0 spiro atoms. The third-order valence-corrected chi connectivity index (χ3v) is 5.21. The number of nitro groups is 1. The molecule has 0 bridgehead atoms. The first-order valence-electron chi connectivity index (χ1n) is 9.76. The predicted molar refractivity (Wildman–Crippen MR) is 113 cm³/mol. The lowest BCUT2D eigenvalue weighted by atomic mass is 10.0. The van der Waals surface area contributed by atoms with Crippen LogP contribution in [-0.4, -0.2) is 9.49 Å². The highest BCUT2D eigenvalue weighted by Gasteiger charge is 2.33. The van der Waals surface area contributed by atoms with E-state index in [1.165, 1.54) is 41.0 Å². The van der Waals surface area contributed by atoms with Crippen molar-refractivity contribution in [1.29, 1.82) is 0 Å². The van der Waals surface area contributed by atoms with Gasteiger partial charge in [0.25, 0.3) is 5.69 Å². The molecule has 0 amide bonds. The Morgan fingerprint density at radius 3 is 1.59 bits per heavy atom. The fourth-order valence-electron chi connectivity index (χ4n) is 3.47. The zero-order valence-corrected chi connectivity index (χ0v) is 17.1. The zero-order valence-electron chi connectivity index (χ0n) is 17.1. The van der Waals surface area contributed by atoms with E-state index in [0.717, 1.165) is 24.4 Å². The molecule has 0 radical (unpaired) electrons. The van der Waals surface area contributed by atoms with E-state index in [-0.39, 0.29) is 11.4 Å². The molecule has 0 N–H and O–H groups in total. The number of hydrogen-bond donors (Lipinski definition) is 0. The summed E-state index contributed by atoms with van der Waals surface area (Å²) in [6.07, 6.45) is -8.16. The van der Waals surface area contributed by atoms with Gasteiger partial charge in [0, 0.05) is 24.0 Å². The van der Waals surface area contributed by atoms with Gasteiger partial charge in [-0.15, -0.1) is 0 Å². The van der Waals surface area contributed by atoms with Crippen molar-refractivity contribution in [3.8, 4) is 28.1 Å². The number of rotatable bonds is 4. The Bertz CT molecular complexity index is 1320. The van der Waals surface area contributed by atoms with Crippen molar-refractivity contribution in [2.75, 3.05) is 0 Å². The van der Waals surface area contributed by atoms with Gasteiger partial charge in [-0.25, -0.2) is 0 Å². The summed E-state index contributed by atoms with van der Waals surface area (Å²) in [5, 5.41) is 10.9. The minimum absolute atomic E-state index is 0.195. The van der Waals surface area contributed by atoms with E-state index in [2.05, 4.69) is 0 Å². The minimum Gasteiger partial charge on any atom is -0.316 e. The third kappa shape index (κ3) is 4.66. The molecule has 0 saturated heterocycles. The van der Waals surface area contributed by atoms with Crippen LogP contribution in [-0.2, 0) is 12.4 Å². The number of hydrogen-bond acceptors (Lipinski definition) is 2. The second-order valence-corrected chi connectivity index (χ2v) is 7.41. The molecular weight excluding hydrogens is 462 g/mol. The van der Waals surface area contributed by atoms with E-state index in [1.54, 1.807) is 24.3 Å². The smallest absolute Gasteiger partial charge is 0.316 e. The van der Waals surface area contributed by atoms with Crippen molar-refractivity contribution in [1.82, 2.24) is 4.57 Å². The van der Waals surface area contributed by atoms with Crippen molar-refractivity contribution in [3.63, 3.8) is 0 Å². The summed E-state index contributed by atoms with van der Waals surface area (Å²) >= 11 is 0. The van der Waals surface area contributed by atoms with Gasteiger partial charge in [-0.05, 0) is 47.0 Å². The van der Waals surface area contributed by atoms with Crippen molar-refractivity contribution in [3.05, 3.63) is 106 Å². The monoisotopic (exact) mass is 476 g/mol. The average molecular weight is 476 g/mol. The largest absolute Gasteiger partial charge is 0.417 e. The molecule has 4 rings (SSSR count). The summed E-state index contributed by atoms with van der Waals surface area (Å²) < 4.78 is 79.8. The molecule has 0 unspecified atom stereocenters. The lowest BCUT2D eigenvalue weighted by Crippen LogP contribution is -2.03. The third-order valence-electron chi connectivity index (χ3n) is 5.21. The Kier molecular flexibility index (Phi) is 5.68. The van der Waals surface area contributed by atoms with E-state index < -0.39 is 28.4 Å². The SMILES string of the molecule is O=[N+]([O-])c1ccc(-n2cc(C(F)(F)F)cc2-c2ccc(-c3ccc(C(F)(F)F)cc3)cc2)cc1. The molecule has 0 aliphatic rings. The first-order valence-corrected chi connectivity index (χ1v) is 9.76. The van der Waals surface area contributed by atoms with Gasteiger partial charge < -0.3 is 4.57 Å². The van der Waals surface area contributed by atoms with Gasteiger partial charge in [0.15, 0.2) is 0 Å². The Hall–Kier alpha value is -4.08. The van der Waals surface area contributed by atoms with E-state index >= 15 is 0 Å². The van der Waals surface area contributed by atoms with Crippen LogP contribution < -0.4 is 0 Å². The highest BCUT2D eigenvalue weighted by molar-refractivity contribution is 5.71. The van der Waals surface area contributed by atoms with Crippen molar-refractivity contribution in [2.45, 2.75) is 12.4 Å². The van der Waals surface area contributed by atoms with E-state index in [1.807, 2.05) is 0 Å². The van der Waals surface area contributed by atoms with Crippen LogP contribution in [0.3, 0.4) is 0 Å². The number of nitro benzene ring substituents is 1. The number of nitrogens with zero attached hydrogens (tertiary/aromatic N) is 2. The van der Waals surface area contributed by atoms with E-state index in [4.69, 9.17) is 0 Å². The summed E-state index contributed by atoms with van der Waals surface area (Å²) in [4.78, 5) is 10.3. The Labute approximate surface area is 188 Å². The summed E-state index contributed by atoms with van der Waals surface area (Å²) in [6.45, 7) is 0. The second kappa shape index (κ2) is 8.36. The molecule has 1 aromatic heterocycles. The lowest BCUT2D eigenvalue weighted by molar-refractivity contribution is -0.384. The fourth-order valence-corrected chi connectivity index (χ4v) is 3.47. The van der Waals surface area contributed by atoms with Crippen LogP contribution in [0.2, 0.25) is 0 Å². The summed E-state index contributed by atoms with van der Waals surface area (Å²) in [6, 6.07) is 16.9. The van der Waals surface area contributed by atoms with Gasteiger partial charge >= 0.3 is 12.4 Å². The van der Waals surface area contributed by atoms with Crippen LogP contribution in [0.15, 0.2) is 85.1 Å². The van der Waals surface area contributed by atoms with Crippen LogP contribution in [0.25, 0.3) is 28.1 Å². The highest BCUT2D eigenvalue weighted by Crippen LogP contribution is 2.36. The first kappa shape index (κ1) is 23.1. The van der Waals surface area contributed by atoms with Crippen LogP contribution in [0, 0.1) is 10.1 Å². The quantitative estimate of drug-likeness (QED) is 0.172. The molecule has 0 aliphatic carbocycles. The normalized spacial score (nSPS) is 12.1. The van der Waals surface area contributed by atoms with E-state index in [9.17, 15) is 36.5 Å². The average Bonchev–Trinajstić information content (AvgIpc) is 3.25. The van der Waals surface area contributed by atoms with Crippen LogP contribution >= 0.6 is 0 Å². The molecule has 0 saturated carbocycles. The summed E-state index contributed by atoms with van der Waals surface area (Å²) in [7, 11) is 0. The van der Waals surface area contributed by atoms with Crippen LogP contribution in [0.5, 0.6) is 0 Å². The van der Waals surface area contributed by atoms with Crippen LogP contribution in [0.4, 0.5) is 32.0 Å². The molecule has 10 heteroatoms. The molecule has 1 heterocycles. The summed E-state index contributed by atoms with van der Waals surface area (Å²) in [5.74, 6) is 0. The molecule has 4 aromatic rings. The predicted octanol–water partition coefficient (Wildman–Crippen LogP) is 7.76.